The molecule has 1 aliphatic heterocycles. The number of nitrogens with zero attached hydrogens (tertiary/aromatic N) is 4. The molecule has 0 spiro atoms. The van der Waals surface area contributed by atoms with Gasteiger partial charge in [-0.2, -0.15) is 0 Å². The Balaban J connectivity index is 0.000000366. The molecule has 3 N–H and O–H groups in total. The molecule has 2 aromatic heterocycles. The van der Waals surface area contributed by atoms with Crippen molar-refractivity contribution in [3.63, 3.8) is 0 Å². The van der Waals surface area contributed by atoms with Gasteiger partial charge in [-0.1, -0.05) is 0 Å². The van der Waals surface area contributed by atoms with Crippen LogP contribution in [0, 0.1) is 0 Å². The van der Waals surface area contributed by atoms with Crippen LogP contribution in [0.5, 0.6) is 11.6 Å². The number of piperazine rings is 1. The van der Waals surface area contributed by atoms with E-state index in [1.165, 1.54) is 0 Å². The van der Waals surface area contributed by atoms with Gasteiger partial charge in [-0.3, -0.25) is 4.98 Å². The molecule has 1 saturated heterocycles. The molecule has 0 aliphatic carbocycles. The lowest BCUT2D eigenvalue weighted by Gasteiger charge is -2.35. The lowest BCUT2D eigenvalue weighted by Crippen LogP contribution is -2.50. The van der Waals surface area contributed by atoms with Crippen LogP contribution in [0.1, 0.15) is 6.92 Å². The summed E-state index contributed by atoms with van der Waals surface area (Å²) >= 11 is 0. The van der Waals surface area contributed by atoms with E-state index in [0.29, 0.717) is 37.3 Å². The smallest absolute Gasteiger partial charge is 0.328 e. The molecule has 3 heterocycles. The van der Waals surface area contributed by atoms with Crippen LogP contribution in [0.4, 0.5) is 5.82 Å². The van der Waals surface area contributed by atoms with E-state index in [1.807, 2.05) is 12.1 Å². The van der Waals surface area contributed by atoms with E-state index in [0.717, 1.165) is 31.2 Å². The summed E-state index contributed by atoms with van der Waals surface area (Å²) in [4.78, 5) is 34.1. The minimum absolute atomic E-state index is 0.356. The normalized spacial score (nSPS) is 15.6. The van der Waals surface area contributed by atoms with Gasteiger partial charge in [0.2, 0.25) is 0 Å². The Labute approximate surface area is 179 Å². The van der Waals surface area contributed by atoms with E-state index in [-0.39, 0.29) is 0 Å². The maximum absolute atomic E-state index is 9.55. The summed E-state index contributed by atoms with van der Waals surface area (Å²) in [6.07, 6.45) is 7.85. The summed E-state index contributed by atoms with van der Waals surface area (Å²) in [5.74, 6) is -0.440. The van der Waals surface area contributed by atoms with Gasteiger partial charge in [0, 0.05) is 56.4 Å². The molecular weight excluding hydrogens is 406 g/mol. The molecule has 11 nitrogen and oxygen atoms in total. The number of anilines is 1. The first-order chi connectivity index (χ1) is 15.0. The Kier molecular flexibility index (Phi) is 9.69. The fourth-order valence-electron chi connectivity index (χ4n) is 2.65. The predicted octanol–water partition coefficient (Wildman–Crippen LogP) is 0.839. The van der Waals surface area contributed by atoms with Crippen LogP contribution >= 0.6 is 0 Å². The van der Waals surface area contributed by atoms with Gasteiger partial charge in [0.1, 0.15) is 19.0 Å². The first-order valence-corrected chi connectivity index (χ1v) is 9.55. The molecule has 1 fully saturated rings. The van der Waals surface area contributed by atoms with E-state index < -0.39 is 11.9 Å². The third-order valence-corrected chi connectivity index (χ3v) is 4.01. The highest BCUT2D eigenvalue weighted by Gasteiger charge is 2.23. The number of hydrogen-bond donors (Lipinski definition) is 3. The standard InChI is InChI=1S/C16H21N5O2.C4H4O4/c1-13-11-18-7-8-21(13)15-16(20-6-5-19-15)23-10-9-22-14-3-2-4-17-12-14;5-3(6)1-2-4(7)8/h2-6,12-13,18H,7-11H2,1H3;1-2H,(H,5,6)(H,7,8)/b;2-1+/t13-;/m1./s1. The minimum atomic E-state index is -1.26. The monoisotopic (exact) mass is 431 g/mol. The molecule has 166 valence electrons. The molecule has 31 heavy (non-hydrogen) atoms. The lowest BCUT2D eigenvalue weighted by atomic mass is 10.2. The van der Waals surface area contributed by atoms with Crippen molar-refractivity contribution in [1.82, 2.24) is 20.3 Å². The number of aromatic nitrogens is 3. The number of ether oxygens (including phenoxy) is 2. The third-order valence-electron chi connectivity index (χ3n) is 4.01. The van der Waals surface area contributed by atoms with E-state index in [2.05, 4.69) is 32.1 Å². The molecule has 0 aromatic carbocycles. The molecule has 0 saturated carbocycles. The maximum atomic E-state index is 9.55. The highest BCUT2D eigenvalue weighted by Crippen LogP contribution is 2.25. The first-order valence-electron chi connectivity index (χ1n) is 9.55. The molecular formula is C20H25N5O6. The Morgan fingerprint density at radius 3 is 2.52 bits per heavy atom. The van der Waals surface area contributed by atoms with Gasteiger partial charge in [0.25, 0.3) is 5.88 Å². The van der Waals surface area contributed by atoms with Crippen molar-refractivity contribution in [3.8, 4) is 11.6 Å². The Hall–Kier alpha value is -3.73. The minimum Gasteiger partial charge on any atom is -0.488 e. The van der Waals surface area contributed by atoms with Gasteiger partial charge in [0.05, 0.1) is 6.20 Å². The Morgan fingerprint density at radius 2 is 1.87 bits per heavy atom. The van der Waals surface area contributed by atoms with Crippen molar-refractivity contribution in [1.29, 1.82) is 0 Å². The molecule has 2 aromatic rings. The van der Waals surface area contributed by atoms with Crippen molar-refractivity contribution >= 4 is 17.8 Å². The summed E-state index contributed by atoms with van der Waals surface area (Å²) in [5.41, 5.74) is 0. The zero-order valence-electron chi connectivity index (χ0n) is 17.0. The van der Waals surface area contributed by atoms with E-state index in [9.17, 15) is 9.59 Å². The highest BCUT2D eigenvalue weighted by atomic mass is 16.5. The second kappa shape index (κ2) is 12.8. The predicted molar refractivity (Wildman–Crippen MR) is 111 cm³/mol. The number of hydrogen-bond acceptors (Lipinski definition) is 9. The van der Waals surface area contributed by atoms with Gasteiger partial charge < -0.3 is 29.9 Å². The van der Waals surface area contributed by atoms with Crippen molar-refractivity contribution in [2.45, 2.75) is 13.0 Å². The fourth-order valence-corrected chi connectivity index (χ4v) is 2.65. The number of carboxylic acids is 2. The van der Waals surface area contributed by atoms with Crippen LogP contribution in [0.3, 0.4) is 0 Å². The van der Waals surface area contributed by atoms with Crippen molar-refractivity contribution in [3.05, 3.63) is 49.1 Å². The summed E-state index contributed by atoms with van der Waals surface area (Å²) in [6, 6.07) is 4.06. The van der Waals surface area contributed by atoms with Gasteiger partial charge in [-0.25, -0.2) is 19.6 Å². The van der Waals surface area contributed by atoms with E-state index >= 15 is 0 Å². The molecule has 0 radical (unpaired) electrons. The quantitative estimate of drug-likeness (QED) is 0.403. The van der Waals surface area contributed by atoms with Crippen molar-refractivity contribution in [2.75, 3.05) is 37.7 Å². The largest absolute Gasteiger partial charge is 0.488 e. The number of aliphatic carboxylic acids is 2. The third kappa shape index (κ3) is 8.66. The highest BCUT2D eigenvalue weighted by molar-refractivity contribution is 5.89. The number of rotatable bonds is 8. The van der Waals surface area contributed by atoms with Crippen LogP contribution in [-0.2, 0) is 9.59 Å². The van der Waals surface area contributed by atoms with E-state index in [4.69, 9.17) is 19.7 Å². The van der Waals surface area contributed by atoms with Crippen LogP contribution in [0.2, 0.25) is 0 Å². The van der Waals surface area contributed by atoms with Crippen LogP contribution in [0.25, 0.3) is 0 Å². The summed E-state index contributed by atoms with van der Waals surface area (Å²) in [6.45, 7) is 5.75. The van der Waals surface area contributed by atoms with Crippen LogP contribution in [-0.4, -0.2) is 76.0 Å². The molecule has 3 rings (SSSR count). The average molecular weight is 431 g/mol. The Bertz CT molecular complexity index is 848. The number of nitrogens with one attached hydrogen (secondary N) is 1. The number of carboxylic acid groups (broad SMARTS) is 2. The van der Waals surface area contributed by atoms with Crippen molar-refractivity contribution in [2.24, 2.45) is 0 Å². The summed E-state index contributed by atoms with van der Waals surface area (Å²) in [7, 11) is 0. The SMILES string of the molecule is C[C@@H]1CNCCN1c1nccnc1OCCOc1cccnc1.O=C(O)/C=C/C(=O)O. The van der Waals surface area contributed by atoms with Gasteiger partial charge >= 0.3 is 11.9 Å². The number of carbonyl (C=O) groups is 2. The Morgan fingerprint density at radius 1 is 1.16 bits per heavy atom. The molecule has 1 aliphatic rings. The maximum Gasteiger partial charge on any atom is 0.328 e. The second-order valence-corrected chi connectivity index (χ2v) is 6.33. The molecule has 1 atom stereocenters. The van der Waals surface area contributed by atoms with Gasteiger partial charge in [0.15, 0.2) is 5.82 Å². The zero-order chi connectivity index (χ0) is 22.5. The van der Waals surface area contributed by atoms with Crippen molar-refractivity contribution < 1.29 is 29.3 Å². The summed E-state index contributed by atoms with van der Waals surface area (Å²) in [5, 5.41) is 19.0. The van der Waals surface area contributed by atoms with Crippen LogP contribution in [0.15, 0.2) is 49.1 Å². The number of pyridine rings is 1. The van der Waals surface area contributed by atoms with Gasteiger partial charge in [-0.05, 0) is 19.1 Å². The van der Waals surface area contributed by atoms with Crippen LogP contribution < -0.4 is 19.7 Å². The fraction of sp³-hybridized carbons (Fsp3) is 0.350. The second-order valence-electron chi connectivity index (χ2n) is 6.33. The van der Waals surface area contributed by atoms with E-state index in [1.54, 1.807) is 24.8 Å². The topological polar surface area (TPSA) is 147 Å². The average Bonchev–Trinajstić information content (AvgIpc) is 2.77. The molecule has 11 heteroatoms. The van der Waals surface area contributed by atoms with Gasteiger partial charge in [-0.15, -0.1) is 0 Å². The first kappa shape index (κ1) is 23.5. The molecule has 0 unspecified atom stereocenters. The zero-order valence-corrected chi connectivity index (χ0v) is 17.0. The molecule has 0 bridgehead atoms. The lowest BCUT2D eigenvalue weighted by molar-refractivity contribution is -0.134. The molecule has 0 amide bonds. The summed E-state index contributed by atoms with van der Waals surface area (Å²) < 4.78 is 11.4.